The van der Waals surface area contributed by atoms with Crippen molar-refractivity contribution >= 4 is 17.7 Å². The van der Waals surface area contributed by atoms with Gasteiger partial charge in [0.25, 0.3) is 0 Å². The van der Waals surface area contributed by atoms with E-state index in [1.807, 2.05) is 0 Å². The molecule has 7 heteroatoms. The molecule has 0 radical (unpaired) electrons. The molecule has 4 nitrogen and oxygen atoms in total. The largest absolute Gasteiger partial charge is 0.573 e. The average molecular weight is 247 g/mol. The maximum absolute atomic E-state index is 12.0. The van der Waals surface area contributed by atoms with Crippen molar-refractivity contribution in [2.24, 2.45) is 0 Å². The molecule has 0 aliphatic carbocycles. The van der Waals surface area contributed by atoms with Gasteiger partial charge < -0.3 is 15.6 Å². The van der Waals surface area contributed by atoms with Gasteiger partial charge in [0, 0.05) is 6.08 Å². The molecule has 0 saturated carbocycles. The van der Waals surface area contributed by atoms with Crippen LogP contribution >= 0.6 is 0 Å². The Morgan fingerprint density at radius 1 is 1.41 bits per heavy atom. The number of nitrogen functional groups attached to an aromatic ring is 1. The van der Waals surface area contributed by atoms with E-state index in [0.717, 1.165) is 18.2 Å². The summed E-state index contributed by atoms with van der Waals surface area (Å²) in [6.07, 6.45) is -2.92. The van der Waals surface area contributed by atoms with Crippen LogP contribution in [0.2, 0.25) is 0 Å². The van der Waals surface area contributed by atoms with Crippen molar-refractivity contribution < 1.29 is 27.8 Å². The second-order valence-electron chi connectivity index (χ2n) is 3.02. The van der Waals surface area contributed by atoms with E-state index in [0.29, 0.717) is 0 Å². The smallest absolute Gasteiger partial charge is 0.478 e. The molecule has 0 heterocycles. The lowest BCUT2D eigenvalue weighted by molar-refractivity contribution is -0.274. The Hall–Kier alpha value is -2.18. The number of carbonyl (C=O) groups is 1. The van der Waals surface area contributed by atoms with E-state index < -0.39 is 18.1 Å². The summed E-state index contributed by atoms with van der Waals surface area (Å²) >= 11 is 0. The minimum Gasteiger partial charge on any atom is -0.478 e. The molecular formula is C10H8F3NO3. The molecule has 0 bridgehead atoms. The van der Waals surface area contributed by atoms with Gasteiger partial charge >= 0.3 is 12.3 Å². The van der Waals surface area contributed by atoms with Gasteiger partial charge in [0.15, 0.2) is 5.75 Å². The predicted molar refractivity (Wildman–Crippen MR) is 54.2 cm³/mol. The molecule has 0 fully saturated rings. The van der Waals surface area contributed by atoms with E-state index in [1.54, 1.807) is 0 Å². The standard InChI is InChI=1S/C10H8F3NO3/c11-10(12,13)17-8-5-6(1-3-7(8)14)2-4-9(15)16/h1-5H,14H2,(H,15,16)/b4-2+. The first-order chi connectivity index (χ1) is 7.78. The molecule has 1 aromatic carbocycles. The third-order valence-corrected chi connectivity index (χ3v) is 1.68. The minimum absolute atomic E-state index is 0.185. The van der Waals surface area contributed by atoms with E-state index >= 15 is 0 Å². The quantitative estimate of drug-likeness (QED) is 0.634. The van der Waals surface area contributed by atoms with Crippen molar-refractivity contribution in [2.45, 2.75) is 6.36 Å². The number of rotatable bonds is 3. The van der Waals surface area contributed by atoms with E-state index in [9.17, 15) is 18.0 Å². The van der Waals surface area contributed by atoms with Gasteiger partial charge in [0.05, 0.1) is 5.69 Å². The Kier molecular flexibility index (Phi) is 3.62. The van der Waals surface area contributed by atoms with Crippen molar-refractivity contribution in [3.05, 3.63) is 29.8 Å². The third kappa shape index (κ3) is 4.45. The molecule has 1 aromatic rings. The van der Waals surface area contributed by atoms with Crippen LogP contribution in [0.25, 0.3) is 6.08 Å². The number of carboxylic acids is 1. The highest BCUT2D eigenvalue weighted by Gasteiger charge is 2.31. The number of anilines is 1. The molecule has 0 aliphatic rings. The second kappa shape index (κ2) is 4.77. The van der Waals surface area contributed by atoms with Gasteiger partial charge in [0.2, 0.25) is 0 Å². The topological polar surface area (TPSA) is 72.6 Å². The Labute approximate surface area is 94.1 Å². The Bertz CT molecular complexity index is 455. The van der Waals surface area contributed by atoms with Crippen molar-refractivity contribution in [3.8, 4) is 5.75 Å². The lowest BCUT2D eigenvalue weighted by Gasteiger charge is -2.11. The predicted octanol–water partition coefficient (Wildman–Crippen LogP) is 2.27. The first kappa shape index (κ1) is 12.9. The summed E-state index contributed by atoms with van der Waals surface area (Å²) in [5, 5.41) is 8.36. The number of benzene rings is 1. The van der Waals surface area contributed by atoms with Gasteiger partial charge in [-0.05, 0) is 23.8 Å². The van der Waals surface area contributed by atoms with Crippen molar-refractivity contribution in [1.29, 1.82) is 0 Å². The van der Waals surface area contributed by atoms with Crippen LogP contribution in [0.1, 0.15) is 5.56 Å². The number of halogens is 3. The monoisotopic (exact) mass is 247 g/mol. The third-order valence-electron chi connectivity index (χ3n) is 1.68. The van der Waals surface area contributed by atoms with Crippen molar-refractivity contribution in [3.63, 3.8) is 0 Å². The van der Waals surface area contributed by atoms with Crippen LogP contribution in [0.4, 0.5) is 18.9 Å². The summed E-state index contributed by atoms with van der Waals surface area (Å²) in [5.41, 5.74) is 5.34. The zero-order valence-electron chi connectivity index (χ0n) is 8.36. The molecule has 17 heavy (non-hydrogen) atoms. The summed E-state index contributed by atoms with van der Waals surface area (Å²) < 4.78 is 39.6. The van der Waals surface area contributed by atoms with Crippen LogP contribution < -0.4 is 10.5 Å². The molecule has 0 atom stereocenters. The highest BCUT2D eigenvalue weighted by Crippen LogP contribution is 2.29. The SMILES string of the molecule is Nc1ccc(/C=C/C(=O)O)cc1OC(F)(F)F. The molecule has 0 unspecified atom stereocenters. The number of nitrogens with two attached hydrogens (primary N) is 1. The number of carboxylic acid groups (broad SMARTS) is 1. The molecule has 0 spiro atoms. The van der Waals surface area contributed by atoms with Gasteiger partial charge in [-0.2, -0.15) is 0 Å². The van der Waals surface area contributed by atoms with Crippen LogP contribution in [0, 0.1) is 0 Å². The summed E-state index contributed by atoms with van der Waals surface area (Å²) in [4.78, 5) is 10.2. The van der Waals surface area contributed by atoms with E-state index in [4.69, 9.17) is 10.8 Å². The van der Waals surface area contributed by atoms with E-state index in [2.05, 4.69) is 4.74 Å². The Balaban J connectivity index is 2.98. The van der Waals surface area contributed by atoms with Gasteiger partial charge in [-0.3, -0.25) is 0 Å². The van der Waals surface area contributed by atoms with E-state index in [1.165, 1.54) is 12.1 Å². The molecule has 0 saturated heterocycles. The first-order valence-electron chi connectivity index (χ1n) is 4.34. The lowest BCUT2D eigenvalue weighted by atomic mass is 10.2. The van der Waals surface area contributed by atoms with Crippen LogP contribution in [0.15, 0.2) is 24.3 Å². The van der Waals surface area contributed by atoms with Crippen molar-refractivity contribution in [2.75, 3.05) is 5.73 Å². The molecule has 92 valence electrons. The van der Waals surface area contributed by atoms with E-state index in [-0.39, 0.29) is 11.3 Å². The fourth-order valence-electron chi connectivity index (χ4n) is 1.04. The minimum atomic E-state index is -4.84. The molecule has 3 N–H and O–H groups in total. The molecule has 0 amide bonds. The summed E-state index contributed by atoms with van der Waals surface area (Å²) in [7, 11) is 0. The number of hydrogen-bond donors (Lipinski definition) is 2. The fraction of sp³-hybridized carbons (Fsp3) is 0.100. The van der Waals surface area contributed by atoms with Gasteiger partial charge in [-0.1, -0.05) is 6.07 Å². The maximum Gasteiger partial charge on any atom is 0.573 e. The van der Waals surface area contributed by atoms with Gasteiger partial charge in [-0.15, -0.1) is 13.2 Å². The zero-order chi connectivity index (χ0) is 13.1. The van der Waals surface area contributed by atoms with Crippen LogP contribution in [-0.4, -0.2) is 17.4 Å². The lowest BCUT2D eigenvalue weighted by Crippen LogP contribution is -2.18. The molecular weight excluding hydrogens is 239 g/mol. The van der Waals surface area contributed by atoms with Gasteiger partial charge in [0.1, 0.15) is 0 Å². The zero-order valence-corrected chi connectivity index (χ0v) is 8.36. The number of hydrogen-bond acceptors (Lipinski definition) is 3. The number of ether oxygens (including phenoxy) is 1. The van der Waals surface area contributed by atoms with Crippen LogP contribution in [0.5, 0.6) is 5.75 Å². The van der Waals surface area contributed by atoms with Crippen LogP contribution in [0.3, 0.4) is 0 Å². The highest BCUT2D eigenvalue weighted by molar-refractivity contribution is 5.85. The molecule has 1 rings (SSSR count). The molecule has 0 aliphatic heterocycles. The maximum atomic E-state index is 12.0. The normalized spacial score (nSPS) is 11.7. The van der Waals surface area contributed by atoms with Crippen molar-refractivity contribution in [1.82, 2.24) is 0 Å². The second-order valence-corrected chi connectivity index (χ2v) is 3.02. The molecule has 0 aromatic heterocycles. The Morgan fingerprint density at radius 2 is 2.06 bits per heavy atom. The fourth-order valence-corrected chi connectivity index (χ4v) is 1.04. The van der Waals surface area contributed by atoms with Gasteiger partial charge in [-0.25, -0.2) is 4.79 Å². The summed E-state index contributed by atoms with van der Waals surface area (Å²) in [5.74, 6) is -1.77. The highest BCUT2D eigenvalue weighted by atomic mass is 19.4. The Morgan fingerprint density at radius 3 is 2.59 bits per heavy atom. The van der Waals surface area contributed by atoms with Crippen LogP contribution in [-0.2, 0) is 4.79 Å². The summed E-state index contributed by atoms with van der Waals surface area (Å²) in [6.45, 7) is 0. The average Bonchev–Trinajstić information content (AvgIpc) is 2.17. The number of aliphatic carboxylic acids is 1. The first-order valence-corrected chi connectivity index (χ1v) is 4.34. The summed E-state index contributed by atoms with van der Waals surface area (Å²) in [6, 6.07) is 3.57. The number of alkyl halides is 3.